The van der Waals surface area contributed by atoms with Crippen molar-refractivity contribution in [3.05, 3.63) is 65.2 Å². The molecule has 0 saturated carbocycles. The minimum Gasteiger partial charge on any atom is -0.491 e. The Bertz CT molecular complexity index is 536. The molecule has 0 saturated heterocycles. The van der Waals surface area contributed by atoms with Crippen LogP contribution < -0.4 is 10.1 Å². The van der Waals surface area contributed by atoms with E-state index in [4.69, 9.17) is 4.74 Å². The summed E-state index contributed by atoms with van der Waals surface area (Å²) in [5, 5.41) is 3.32. The number of hydrogen-bond donors (Lipinski definition) is 1. The largest absolute Gasteiger partial charge is 0.491 e. The lowest BCUT2D eigenvalue weighted by atomic mass is 10.0. The molecule has 1 atom stereocenters. The van der Waals surface area contributed by atoms with Crippen LogP contribution in [0.2, 0.25) is 0 Å². The van der Waals surface area contributed by atoms with E-state index in [0.29, 0.717) is 6.61 Å². The van der Waals surface area contributed by atoms with E-state index in [1.54, 1.807) is 0 Å². The monoisotopic (exact) mass is 255 g/mol. The SMILES string of the molecule is CNC(COc1ccccc1C)c1ccccc1C. The summed E-state index contributed by atoms with van der Waals surface area (Å²) in [4.78, 5) is 0. The minimum atomic E-state index is 0.209. The van der Waals surface area contributed by atoms with Crippen molar-refractivity contribution in [1.29, 1.82) is 0 Å². The number of benzene rings is 2. The Balaban J connectivity index is 2.09. The molecule has 0 radical (unpaired) electrons. The lowest BCUT2D eigenvalue weighted by Gasteiger charge is -2.20. The van der Waals surface area contributed by atoms with E-state index in [-0.39, 0.29) is 6.04 Å². The normalized spacial score (nSPS) is 12.2. The maximum absolute atomic E-state index is 5.94. The molecule has 1 N–H and O–H groups in total. The minimum absolute atomic E-state index is 0.209. The van der Waals surface area contributed by atoms with Crippen LogP contribution in [0.4, 0.5) is 0 Å². The third-order valence-electron chi connectivity index (χ3n) is 3.41. The fourth-order valence-corrected chi connectivity index (χ4v) is 2.20. The Labute approximate surface area is 115 Å². The van der Waals surface area contributed by atoms with Crippen LogP contribution in [-0.4, -0.2) is 13.7 Å². The smallest absolute Gasteiger partial charge is 0.122 e. The van der Waals surface area contributed by atoms with E-state index in [9.17, 15) is 0 Å². The molecule has 19 heavy (non-hydrogen) atoms. The summed E-state index contributed by atoms with van der Waals surface area (Å²) >= 11 is 0. The van der Waals surface area contributed by atoms with Crippen molar-refractivity contribution in [2.24, 2.45) is 0 Å². The predicted molar refractivity (Wildman–Crippen MR) is 79.7 cm³/mol. The van der Waals surface area contributed by atoms with E-state index in [2.05, 4.69) is 49.5 Å². The molecule has 0 fully saturated rings. The predicted octanol–water partition coefficient (Wildman–Crippen LogP) is 3.64. The first-order chi connectivity index (χ1) is 9.22. The number of rotatable bonds is 5. The Morgan fingerprint density at radius 2 is 1.58 bits per heavy atom. The molecule has 2 aromatic carbocycles. The fraction of sp³-hybridized carbons (Fsp3) is 0.294. The summed E-state index contributed by atoms with van der Waals surface area (Å²) in [6.45, 7) is 4.83. The van der Waals surface area contributed by atoms with Crippen molar-refractivity contribution >= 4 is 0 Å². The topological polar surface area (TPSA) is 21.3 Å². The average molecular weight is 255 g/mol. The Hall–Kier alpha value is -1.80. The van der Waals surface area contributed by atoms with Gasteiger partial charge in [0, 0.05) is 0 Å². The van der Waals surface area contributed by atoms with Gasteiger partial charge >= 0.3 is 0 Å². The molecule has 1 unspecified atom stereocenters. The zero-order valence-corrected chi connectivity index (χ0v) is 11.8. The number of aryl methyl sites for hydroxylation is 2. The van der Waals surface area contributed by atoms with Crippen molar-refractivity contribution < 1.29 is 4.74 Å². The van der Waals surface area contributed by atoms with E-state index >= 15 is 0 Å². The third-order valence-corrected chi connectivity index (χ3v) is 3.41. The summed E-state index contributed by atoms with van der Waals surface area (Å²) in [5.41, 5.74) is 3.75. The number of hydrogen-bond acceptors (Lipinski definition) is 2. The second-order valence-corrected chi connectivity index (χ2v) is 4.77. The first kappa shape index (κ1) is 13.6. The highest BCUT2D eigenvalue weighted by molar-refractivity contribution is 5.33. The number of para-hydroxylation sites is 1. The second-order valence-electron chi connectivity index (χ2n) is 4.77. The van der Waals surface area contributed by atoms with Crippen molar-refractivity contribution in [1.82, 2.24) is 5.32 Å². The maximum atomic E-state index is 5.94. The van der Waals surface area contributed by atoms with Gasteiger partial charge < -0.3 is 10.1 Å². The number of ether oxygens (including phenoxy) is 1. The molecule has 2 rings (SSSR count). The van der Waals surface area contributed by atoms with Gasteiger partial charge in [-0.15, -0.1) is 0 Å². The molecule has 0 aliphatic rings. The zero-order chi connectivity index (χ0) is 13.7. The first-order valence-electron chi connectivity index (χ1n) is 6.63. The van der Waals surface area contributed by atoms with Crippen LogP contribution in [0.3, 0.4) is 0 Å². The van der Waals surface area contributed by atoms with Crippen molar-refractivity contribution in [2.75, 3.05) is 13.7 Å². The number of likely N-dealkylation sites (N-methyl/N-ethyl adjacent to an activating group) is 1. The standard InChI is InChI=1S/C17H21NO/c1-13-8-4-6-10-15(13)16(18-3)12-19-17-11-7-5-9-14(17)2/h4-11,16,18H,12H2,1-3H3. The van der Waals surface area contributed by atoms with Crippen LogP contribution in [0.15, 0.2) is 48.5 Å². The lowest BCUT2D eigenvalue weighted by Crippen LogP contribution is -2.24. The van der Waals surface area contributed by atoms with Gasteiger partial charge in [-0.3, -0.25) is 0 Å². The zero-order valence-electron chi connectivity index (χ0n) is 11.8. The molecular weight excluding hydrogens is 234 g/mol. The third kappa shape index (κ3) is 3.36. The molecule has 2 nitrogen and oxygen atoms in total. The van der Waals surface area contributed by atoms with Gasteiger partial charge in [0.2, 0.25) is 0 Å². The molecule has 0 aromatic heterocycles. The van der Waals surface area contributed by atoms with Crippen molar-refractivity contribution in [3.63, 3.8) is 0 Å². The molecule has 0 aliphatic carbocycles. The molecule has 0 aliphatic heterocycles. The van der Waals surface area contributed by atoms with Gasteiger partial charge in [-0.1, -0.05) is 42.5 Å². The summed E-state index contributed by atoms with van der Waals surface area (Å²) < 4.78 is 5.94. The van der Waals surface area contributed by atoms with Gasteiger partial charge in [0.25, 0.3) is 0 Å². The van der Waals surface area contributed by atoms with Crippen LogP contribution in [0.25, 0.3) is 0 Å². The molecule has 0 amide bonds. The first-order valence-corrected chi connectivity index (χ1v) is 6.63. The van der Waals surface area contributed by atoms with Gasteiger partial charge in [0.15, 0.2) is 0 Å². The van der Waals surface area contributed by atoms with Crippen LogP contribution >= 0.6 is 0 Å². The van der Waals surface area contributed by atoms with Gasteiger partial charge in [-0.25, -0.2) is 0 Å². The van der Waals surface area contributed by atoms with Gasteiger partial charge in [-0.05, 0) is 43.7 Å². The van der Waals surface area contributed by atoms with Crippen LogP contribution in [0.1, 0.15) is 22.7 Å². The molecular formula is C17H21NO. The Morgan fingerprint density at radius 3 is 2.21 bits per heavy atom. The van der Waals surface area contributed by atoms with Crippen LogP contribution in [0, 0.1) is 13.8 Å². The highest BCUT2D eigenvalue weighted by Crippen LogP contribution is 2.21. The van der Waals surface area contributed by atoms with Crippen LogP contribution in [-0.2, 0) is 0 Å². The van der Waals surface area contributed by atoms with E-state index < -0.39 is 0 Å². The van der Waals surface area contributed by atoms with Gasteiger partial charge in [-0.2, -0.15) is 0 Å². The summed E-state index contributed by atoms with van der Waals surface area (Å²) in [5.74, 6) is 0.955. The summed E-state index contributed by atoms with van der Waals surface area (Å²) in [7, 11) is 1.97. The average Bonchev–Trinajstić information content (AvgIpc) is 2.43. The van der Waals surface area contributed by atoms with Gasteiger partial charge in [0.1, 0.15) is 12.4 Å². The van der Waals surface area contributed by atoms with E-state index in [0.717, 1.165) is 5.75 Å². The van der Waals surface area contributed by atoms with E-state index in [1.165, 1.54) is 16.7 Å². The van der Waals surface area contributed by atoms with Crippen molar-refractivity contribution in [2.45, 2.75) is 19.9 Å². The molecule has 0 spiro atoms. The maximum Gasteiger partial charge on any atom is 0.122 e. The highest BCUT2D eigenvalue weighted by atomic mass is 16.5. The van der Waals surface area contributed by atoms with E-state index in [1.807, 2.05) is 25.2 Å². The lowest BCUT2D eigenvalue weighted by molar-refractivity contribution is 0.271. The summed E-state index contributed by atoms with van der Waals surface area (Å²) in [6, 6.07) is 16.7. The quantitative estimate of drug-likeness (QED) is 0.880. The molecule has 0 heterocycles. The molecule has 100 valence electrons. The number of nitrogens with one attached hydrogen (secondary N) is 1. The Morgan fingerprint density at radius 1 is 0.947 bits per heavy atom. The fourth-order valence-electron chi connectivity index (χ4n) is 2.20. The highest BCUT2D eigenvalue weighted by Gasteiger charge is 2.12. The molecule has 2 aromatic rings. The molecule has 0 bridgehead atoms. The van der Waals surface area contributed by atoms with Crippen molar-refractivity contribution in [3.8, 4) is 5.75 Å². The Kier molecular flexibility index (Phi) is 4.58. The second kappa shape index (κ2) is 6.39. The van der Waals surface area contributed by atoms with Crippen LogP contribution in [0.5, 0.6) is 5.75 Å². The molecule has 2 heteroatoms. The summed E-state index contributed by atoms with van der Waals surface area (Å²) in [6.07, 6.45) is 0. The van der Waals surface area contributed by atoms with Gasteiger partial charge in [0.05, 0.1) is 6.04 Å².